The lowest BCUT2D eigenvalue weighted by molar-refractivity contribution is -0.117. The Bertz CT molecular complexity index is 593. The van der Waals surface area contributed by atoms with Crippen LogP contribution >= 0.6 is 0 Å². The molecule has 2 aromatic rings. The molecule has 0 aliphatic carbocycles. The molecular formula is C10H11N5O2. The van der Waals surface area contributed by atoms with Gasteiger partial charge in [-0.25, -0.2) is 9.97 Å². The fourth-order valence-corrected chi connectivity index (χ4v) is 2.06. The fourth-order valence-electron chi connectivity index (χ4n) is 2.06. The molecule has 2 aromatic heterocycles. The van der Waals surface area contributed by atoms with Crippen molar-refractivity contribution in [3.8, 4) is 0 Å². The molecule has 0 radical (unpaired) electrons. The number of rotatable bonds is 1. The number of carbonyl (C=O) groups is 1. The molecule has 1 saturated heterocycles. The number of nitrogens with zero attached hydrogens (tertiary/aromatic N) is 5. The summed E-state index contributed by atoms with van der Waals surface area (Å²) in [5.74, 6) is 0.394. The number of β-amino-alcohol motifs (C(OH)–C–C–N with tert-alkyl or cyclic N) is 1. The molecule has 1 fully saturated rings. The van der Waals surface area contributed by atoms with Gasteiger partial charge in [0.1, 0.15) is 12.1 Å². The number of aromatic nitrogens is 4. The molecule has 0 saturated carbocycles. The SMILES string of the molecule is Cn1ncc2c(N3CC(O)CC3=O)ncnc21. The highest BCUT2D eigenvalue weighted by atomic mass is 16.3. The van der Waals surface area contributed by atoms with E-state index in [2.05, 4.69) is 15.1 Å². The number of fused-ring (bicyclic) bond motifs is 1. The Labute approximate surface area is 96.7 Å². The van der Waals surface area contributed by atoms with E-state index in [1.54, 1.807) is 17.9 Å². The van der Waals surface area contributed by atoms with Gasteiger partial charge < -0.3 is 5.11 Å². The summed E-state index contributed by atoms with van der Waals surface area (Å²) in [6.07, 6.45) is 2.55. The Morgan fingerprint density at radius 2 is 2.29 bits per heavy atom. The van der Waals surface area contributed by atoms with Crippen LogP contribution in [0.5, 0.6) is 0 Å². The summed E-state index contributed by atoms with van der Waals surface area (Å²) in [5, 5.41) is 14.3. The van der Waals surface area contributed by atoms with Gasteiger partial charge >= 0.3 is 0 Å². The summed E-state index contributed by atoms with van der Waals surface area (Å²) in [7, 11) is 1.78. The standard InChI is InChI=1S/C10H11N5O2/c1-14-9-7(3-13-14)10(12-5-11-9)15-4-6(16)2-8(15)17/h3,5-6,16H,2,4H2,1H3. The van der Waals surface area contributed by atoms with Gasteiger partial charge in [0.25, 0.3) is 0 Å². The van der Waals surface area contributed by atoms with Crippen LogP contribution in [-0.2, 0) is 11.8 Å². The van der Waals surface area contributed by atoms with Crippen molar-refractivity contribution in [1.82, 2.24) is 19.7 Å². The van der Waals surface area contributed by atoms with Crippen LogP contribution in [0.25, 0.3) is 11.0 Å². The lowest BCUT2D eigenvalue weighted by atomic mass is 10.3. The number of carbonyl (C=O) groups excluding carboxylic acids is 1. The van der Waals surface area contributed by atoms with Crippen molar-refractivity contribution in [2.75, 3.05) is 11.4 Å². The lowest BCUT2D eigenvalue weighted by Gasteiger charge is -2.14. The van der Waals surface area contributed by atoms with Crippen LogP contribution in [0.2, 0.25) is 0 Å². The first-order valence-corrected chi connectivity index (χ1v) is 5.28. The summed E-state index contributed by atoms with van der Waals surface area (Å²) in [6.45, 7) is 0.278. The van der Waals surface area contributed by atoms with E-state index < -0.39 is 6.10 Å². The average Bonchev–Trinajstić information content (AvgIpc) is 2.83. The zero-order chi connectivity index (χ0) is 12.0. The third kappa shape index (κ3) is 1.47. The topological polar surface area (TPSA) is 84.1 Å². The lowest BCUT2D eigenvalue weighted by Crippen LogP contribution is -2.26. The zero-order valence-corrected chi connectivity index (χ0v) is 9.24. The third-order valence-corrected chi connectivity index (χ3v) is 2.87. The Kier molecular flexibility index (Phi) is 2.08. The number of anilines is 1. The van der Waals surface area contributed by atoms with Crippen molar-refractivity contribution in [3.05, 3.63) is 12.5 Å². The van der Waals surface area contributed by atoms with Crippen LogP contribution in [0.3, 0.4) is 0 Å². The van der Waals surface area contributed by atoms with E-state index in [0.29, 0.717) is 11.5 Å². The van der Waals surface area contributed by atoms with Crippen molar-refractivity contribution in [3.63, 3.8) is 0 Å². The fraction of sp³-hybridized carbons (Fsp3) is 0.400. The van der Waals surface area contributed by atoms with Crippen molar-refractivity contribution in [2.45, 2.75) is 12.5 Å². The number of amides is 1. The number of aryl methyl sites for hydroxylation is 1. The molecule has 7 heteroatoms. The Morgan fingerprint density at radius 1 is 1.47 bits per heavy atom. The molecule has 3 heterocycles. The highest BCUT2D eigenvalue weighted by Crippen LogP contribution is 2.26. The molecule has 1 aliphatic rings. The minimum atomic E-state index is -0.621. The maximum Gasteiger partial charge on any atom is 0.230 e. The van der Waals surface area contributed by atoms with Crippen molar-refractivity contribution < 1.29 is 9.90 Å². The molecule has 17 heavy (non-hydrogen) atoms. The molecule has 1 unspecified atom stereocenters. The summed E-state index contributed by atoms with van der Waals surface area (Å²) < 4.78 is 1.62. The van der Waals surface area contributed by atoms with Gasteiger partial charge in [-0.3, -0.25) is 14.4 Å². The first-order chi connectivity index (χ1) is 8.16. The molecule has 1 atom stereocenters. The van der Waals surface area contributed by atoms with Gasteiger partial charge in [0, 0.05) is 7.05 Å². The van der Waals surface area contributed by atoms with Gasteiger partial charge in [-0.15, -0.1) is 0 Å². The van der Waals surface area contributed by atoms with E-state index in [4.69, 9.17) is 0 Å². The van der Waals surface area contributed by atoms with Crippen LogP contribution in [0.4, 0.5) is 5.82 Å². The third-order valence-electron chi connectivity index (χ3n) is 2.87. The van der Waals surface area contributed by atoms with Gasteiger partial charge in [-0.05, 0) is 0 Å². The average molecular weight is 233 g/mol. The summed E-state index contributed by atoms with van der Waals surface area (Å²) in [4.78, 5) is 21.4. The van der Waals surface area contributed by atoms with Crippen LogP contribution in [0, 0.1) is 0 Å². The van der Waals surface area contributed by atoms with Crippen molar-refractivity contribution in [2.24, 2.45) is 7.05 Å². The predicted molar refractivity (Wildman–Crippen MR) is 59.3 cm³/mol. The number of hydrogen-bond acceptors (Lipinski definition) is 5. The Morgan fingerprint density at radius 3 is 3.00 bits per heavy atom. The van der Waals surface area contributed by atoms with E-state index >= 15 is 0 Å². The minimum absolute atomic E-state index is 0.124. The zero-order valence-electron chi connectivity index (χ0n) is 9.24. The first kappa shape index (κ1) is 10.2. The monoisotopic (exact) mass is 233 g/mol. The van der Waals surface area contributed by atoms with Gasteiger partial charge in [0.15, 0.2) is 5.65 Å². The maximum atomic E-state index is 11.7. The van der Waals surface area contributed by atoms with Gasteiger partial charge in [0.2, 0.25) is 5.91 Å². The highest BCUT2D eigenvalue weighted by Gasteiger charge is 2.31. The molecule has 0 aromatic carbocycles. The minimum Gasteiger partial charge on any atom is -0.391 e. The Hall–Kier alpha value is -2.02. The normalized spacial score (nSPS) is 20.5. The molecule has 1 amide bonds. The van der Waals surface area contributed by atoms with Crippen molar-refractivity contribution in [1.29, 1.82) is 0 Å². The van der Waals surface area contributed by atoms with E-state index in [9.17, 15) is 9.90 Å². The van der Waals surface area contributed by atoms with Gasteiger partial charge in [0.05, 0.1) is 30.7 Å². The van der Waals surface area contributed by atoms with E-state index in [0.717, 1.165) is 5.39 Å². The molecule has 0 bridgehead atoms. The second-order valence-corrected chi connectivity index (χ2v) is 4.07. The van der Waals surface area contributed by atoms with Crippen LogP contribution < -0.4 is 4.90 Å². The predicted octanol–water partition coefficient (Wildman–Crippen LogP) is -0.539. The summed E-state index contributed by atoms with van der Waals surface area (Å²) >= 11 is 0. The quantitative estimate of drug-likeness (QED) is 0.715. The van der Waals surface area contributed by atoms with Crippen LogP contribution in [0.1, 0.15) is 6.42 Å². The second-order valence-electron chi connectivity index (χ2n) is 4.07. The summed E-state index contributed by atoms with van der Waals surface area (Å²) in [5.41, 5.74) is 0.671. The molecular weight excluding hydrogens is 222 g/mol. The van der Waals surface area contributed by atoms with Crippen LogP contribution in [0.15, 0.2) is 12.5 Å². The smallest absolute Gasteiger partial charge is 0.230 e. The number of aliphatic hydroxyl groups excluding tert-OH is 1. The van der Waals surface area contributed by atoms with E-state index in [1.807, 2.05) is 0 Å². The van der Waals surface area contributed by atoms with Gasteiger partial charge in [-0.1, -0.05) is 0 Å². The number of hydrogen-bond donors (Lipinski definition) is 1. The Balaban J connectivity index is 2.14. The maximum absolute atomic E-state index is 11.7. The van der Waals surface area contributed by atoms with E-state index in [-0.39, 0.29) is 18.9 Å². The molecule has 7 nitrogen and oxygen atoms in total. The second kappa shape index (κ2) is 3.49. The molecule has 1 N–H and O–H groups in total. The molecule has 0 spiro atoms. The summed E-state index contributed by atoms with van der Waals surface area (Å²) in [6, 6.07) is 0. The molecule has 3 rings (SSSR count). The largest absolute Gasteiger partial charge is 0.391 e. The molecule has 1 aliphatic heterocycles. The highest BCUT2D eigenvalue weighted by molar-refractivity contribution is 6.01. The van der Waals surface area contributed by atoms with Crippen molar-refractivity contribution >= 4 is 22.8 Å². The first-order valence-electron chi connectivity index (χ1n) is 5.28. The van der Waals surface area contributed by atoms with E-state index in [1.165, 1.54) is 11.2 Å². The number of aliphatic hydroxyl groups is 1. The van der Waals surface area contributed by atoms with Gasteiger partial charge in [-0.2, -0.15) is 5.10 Å². The molecule has 88 valence electrons. The van der Waals surface area contributed by atoms with Crippen LogP contribution in [-0.4, -0.2) is 43.4 Å².